The number of aliphatic carboxylic acids is 1. The zero-order chi connectivity index (χ0) is 12.2. The number of carboxylic acids is 1. The van der Waals surface area contributed by atoms with Gasteiger partial charge in [-0.3, -0.25) is 0 Å². The highest BCUT2D eigenvalue weighted by molar-refractivity contribution is 5.78. The fourth-order valence-corrected chi connectivity index (χ4v) is 0.889. The van der Waals surface area contributed by atoms with Crippen molar-refractivity contribution in [3.8, 4) is 0 Å². The van der Waals surface area contributed by atoms with E-state index in [4.69, 9.17) is 25.5 Å². The van der Waals surface area contributed by atoms with Crippen LogP contribution in [0.5, 0.6) is 0 Å². The van der Waals surface area contributed by atoms with E-state index >= 15 is 0 Å². The number of aliphatic hydroxyl groups excluding tert-OH is 5. The minimum absolute atomic E-state index is 0.931. The molecule has 4 unspecified atom stereocenters. The van der Waals surface area contributed by atoms with Crippen LogP contribution >= 0.6 is 0 Å². The molecule has 8 nitrogen and oxygen atoms in total. The highest BCUT2D eigenvalue weighted by atomic mass is 16.4. The average molecular weight is 226 g/mol. The molecule has 0 saturated carbocycles. The highest BCUT2D eigenvalue weighted by Gasteiger charge is 2.48. The summed E-state index contributed by atoms with van der Waals surface area (Å²) in [4.78, 5) is 10.5. The van der Waals surface area contributed by atoms with Crippen molar-refractivity contribution in [3.05, 3.63) is 0 Å². The molecule has 0 fully saturated rings. The molecule has 15 heavy (non-hydrogen) atoms. The first kappa shape index (κ1) is 14.2. The van der Waals surface area contributed by atoms with Gasteiger partial charge < -0.3 is 35.7 Å². The molecule has 4 atom stereocenters. The summed E-state index contributed by atoms with van der Waals surface area (Å²) in [6.45, 7) is -2.28. The van der Waals surface area contributed by atoms with E-state index in [9.17, 15) is 15.0 Å². The van der Waals surface area contributed by atoms with Gasteiger partial charge >= 0.3 is 5.97 Å². The van der Waals surface area contributed by atoms with Gasteiger partial charge in [0, 0.05) is 0 Å². The third-order valence-corrected chi connectivity index (χ3v) is 2.01. The Morgan fingerprint density at radius 1 is 1.20 bits per heavy atom. The van der Waals surface area contributed by atoms with Crippen LogP contribution < -0.4 is 0 Å². The summed E-state index contributed by atoms with van der Waals surface area (Å²) in [6, 6.07) is 0. The van der Waals surface area contributed by atoms with E-state index in [0.717, 1.165) is 0 Å². The van der Waals surface area contributed by atoms with Gasteiger partial charge in [0.2, 0.25) is 5.60 Å². The lowest BCUT2D eigenvalue weighted by molar-refractivity contribution is -0.198. The molecule has 0 spiro atoms. The second-order valence-corrected chi connectivity index (χ2v) is 3.07. The molecule has 90 valence electrons. The van der Waals surface area contributed by atoms with Crippen molar-refractivity contribution in [3.63, 3.8) is 0 Å². The lowest BCUT2D eigenvalue weighted by atomic mass is 9.91. The maximum absolute atomic E-state index is 10.5. The molecule has 0 aliphatic carbocycles. The van der Waals surface area contributed by atoms with Crippen molar-refractivity contribution in [2.75, 3.05) is 13.2 Å². The van der Waals surface area contributed by atoms with Crippen LogP contribution in [-0.2, 0) is 4.79 Å². The molecular formula is C7H14O8. The molecular weight excluding hydrogens is 212 g/mol. The van der Waals surface area contributed by atoms with E-state index in [-0.39, 0.29) is 0 Å². The zero-order valence-electron chi connectivity index (χ0n) is 7.69. The Labute approximate surface area is 84.7 Å². The van der Waals surface area contributed by atoms with Crippen molar-refractivity contribution >= 4 is 5.97 Å². The molecule has 0 aromatic carbocycles. The lowest BCUT2D eigenvalue weighted by Crippen LogP contribution is -2.60. The normalized spacial score (nSPS) is 21.5. The molecule has 0 amide bonds. The van der Waals surface area contributed by atoms with E-state index in [2.05, 4.69) is 0 Å². The molecule has 0 bridgehead atoms. The van der Waals surface area contributed by atoms with Crippen LogP contribution in [0.25, 0.3) is 0 Å². The molecule has 0 aliphatic heterocycles. The predicted octanol–water partition coefficient (Wildman–Crippen LogP) is -4.13. The molecule has 7 N–H and O–H groups in total. The van der Waals surface area contributed by atoms with Gasteiger partial charge in [0.25, 0.3) is 0 Å². The molecule has 0 heterocycles. The van der Waals surface area contributed by atoms with Crippen molar-refractivity contribution in [2.45, 2.75) is 23.9 Å². The molecule has 0 rings (SSSR count). The SMILES string of the molecule is O=C(O)C(O)(CO)C(O)C(O)C(O)CO. The third-order valence-electron chi connectivity index (χ3n) is 2.01. The summed E-state index contributed by atoms with van der Waals surface area (Å²) in [7, 11) is 0. The predicted molar refractivity (Wildman–Crippen MR) is 44.8 cm³/mol. The van der Waals surface area contributed by atoms with Gasteiger partial charge in [-0.15, -0.1) is 0 Å². The van der Waals surface area contributed by atoms with Crippen LogP contribution in [0.3, 0.4) is 0 Å². The lowest BCUT2D eigenvalue weighted by Gasteiger charge is -2.31. The Balaban J connectivity index is 4.79. The molecule has 8 heteroatoms. The van der Waals surface area contributed by atoms with Gasteiger partial charge in [-0.1, -0.05) is 0 Å². The second-order valence-electron chi connectivity index (χ2n) is 3.07. The number of rotatable bonds is 6. The van der Waals surface area contributed by atoms with E-state index < -0.39 is 43.1 Å². The Hall–Kier alpha value is -0.770. The van der Waals surface area contributed by atoms with Gasteiger partial charge in [0.1, 0.15) is 18.3 Å². The average Bonchev–Trinajstić information content (AvgIpc) is 2.24. The van der Waals surface area contributed by atoms with Crippen LogP contribution in [0.1, 0.15) is 0 Å². The summed E-state index contributed by atoms with van der Waals surface area (Å²) in [5, 5.41) is 61.9. The van der Waals surface area contributed by atoms with Gasteiger partial charge in [-0.2, -0.15) is 0 Å². The Morgan fingerprint density at radius 3 is 1.93 bits per heavy atom. The summed E-state index contributed by atoms with van der Waals surface area (Å²) in [6.07, 6.45) is -6.25. The Bertz CT molecular complexity index is 219. The van der Waals surface area contributed by atoms with Crippen LogP contribution in [0.15, 0.2) is 0 Å². The number of aliphatic hydroxyl groups is 6. The van der Waals surface area contributed by atoms with E-state index in [1.165, 1.54) is 0 Å². The topological polar surface area (TPSA) is 159 Å². The number of carboxylic acid groups (broad SMARTS) is 1. The summed E-state index contributed by atoms with van der Waals surface area (Å²) in [5.74, 6) is -1.96. The number of carbonyl (C=O) groups is 1. The van der Waals surface area contributed by atoms with Crippen LogP contribution in [0, 0.1) is 0 Å². The van der Waals surface area contributed by atoms with E-state index in [1.807, 2.05) is 0 Å². The minimum atomic E-state index is -2.99. The van der Waals surface area contributed by atoms with Gasteiger partial charge in [0.05, 0.1) is 13.2 Å². The zero-order valence-corrected chi connectivity index (χ0v) is 7.69. The molecule has 0 radical (unpaired) electrons. The summed E-state index contributed by atoms with van der Waals surface area (Å²) in [5.41, 5.74) is -2.99. The monoisotopic (exact) mass is 226 g/mol. The molecule has 0 saturated heterocycles. The van der Waals surface area contributed by atoms with Crippen LogP contribution in [0.4, 0.5) is 0 Å². The fourth-order valence-electron chi connectivity index (χ4n) is 0.889. The largest absolute Gasteiger partial charge is 0.479 e. The van der Waals surface area contributed by atoms with Crippen LogP contribution in [-0.4, -0.2) is 78.8 Å². The number of hydrogen-bond donors (Lipinski definition) is 7. The number of hydrogen-bond acceptors (Lipinski definition) is 7. The smallest absolute Gasteiger partial charge is 0.341 e. The quantitative estimate of drug-likeness (QED) is 0.240. The maximum atomic E-state index is 10.5. The van der Waals surface area contributed by atoms with Gasteiger partial charge in [-0.25, -0.2) is 4.79 Å². The van der Waals surface area contributed by atoms with Crippen molar-refractivity contribution in [1.82, 2.24) is 0 Å². The van der Waals surface area contributed by atoms with E-state index in [1.54, 1.807) is 0 Å². The van der Waals surface area contributed by atoms with Gasteiger partial charge in [-0.05, 0) is 0 Å². The standard InChI is InChI=1S/C7H14O8/c8-1-3(10)4(11)5(12)7(15,2-9)6(13)14/h3-5,8-12,15H,1-2H2,(H,13,14). The van der Waals surface area contributed by atoms with Crippen molar-refractivity contribution in [1.29, 1.82) is 0 Å². The third kappa shape index (κ3) is 2.84. The molecule has 0 aromatic rings. The van der Waals surface area contributed by atoms with Gasteiger partial charge in [0.15, 0.2) is 0 Å². The Morgan fingerprint density at radius 2 is 1.67 bits per heavy atom. The summed E-state index contributed by atoms with van der Waals surface area (Å²) >= 11 is 0. The second kappa shape index (κ2) is 5.35. The van der Waals surface area contributed by atoms with E-state index in [0.29, 0.717) is 0 Å². The molecule has 0 aliphatic rings. The van der Waals surface area contributed by atoms with Crippen molar-refractivity contribution < 1.29 is 40.5 Å². The first-order valence-corrected chi connectivity index (χ1v) is 4.03. The first-order chi connectivity index (χ1) is 6.81. The van der Waals surface area contributed by atoms with Crippen LogP contribution in [0.2, 0.25) is 0 Å². The maximum Gasteiger partial charge on any atom is 0.341 e. The van der Waals surface area contributed by atoms with Crippen molar-refractivity contribution in [2.24, 2.45) is 0 Å². The Kier molecular flexibility index (Phi) is 5.08. The summed E-state index contributed by atoms with van der Waals surface area (Å²) < 4.78 is 0. The highest BCUT2D eigenvalue weighted by Crippen LogP contribution is 2.16. The first-order valence-electron chi connectivity index (χ1n) is 4.03. The minimum Gasteiger partial charge on any atom is -0.479 e. The molecule has 0 aromatic heterocycles. The fraction of sp³-hybridized carbons (Fsp3) is 0.857.